The number of nitrogens with zero attached hydrogens (tertiary/aromatic N) is 1. The molecule has 4 rings (SSSR count). The Morgan fingerprint density at radius 1 is 0.953 bits per heavy atom. The smallest absolute Gasteiger partial charge is 0.416 e. The maximum absolute atomic E-state index is 14.4. The quantitative estimate of drug-likeness (QED) is 0.303. The number of likely N-dealkylation sites (tertiary alicyclic amines) is 1. The van der Waals surface area contributed by atoms with E-state index in [4.69, 9.17) is 9.47 Å². The first-order chi connectivity index (χ1) is 20.3. The summed E-state index contributed by atoms with van der Waals surface area (Å²) in [6.45, 7) is 5.63. The fourth-order valence-corrected chi connectivity index (χ4v) is 6.19. The number of carboxylic acid groups (broad SMARTS) is 1. The van der Waals surface area contributed by atoms with Crippen LogP contribution in [0.4, 0.5) is 13.2 Å². The van der Waals surface area contributed by atoms with Gasteiger partial charge in [-0.3, -0.25) is 4.79 Å². The van der Waals surface area contributed by atoms with Crippen LogP contribution in [0.1, 0.15) is 55.2 Å². The second kappa shape index (κ2) is 12.8. The fourth-order valence-electron chi connectivity index (χ4n) is 6.19. The predicted molar refractivity (Wildman–Crippen MR) is 155 cm³/mol. The molecule has 0 radical (unpaired) electrons. The van der Waals surface area contributed by atoms with Gasteiger partial charge in [-0.2, -0.15) is 13.2 Å². The number of ether oxygens (including phenoxy) is 2. The minimum absolute atomic E-state index is 0.0611. The van der Waals surface area contributed by atoms with E-state index in [9.17, 15) is 27.9 Å². The number of amides is 1. The zero-order valence-electron chi connectivity index (χ0n) is 24.8. The Kier molecular flexibility index (Phi) is 9.51. The van der Waals surface area contributed by atoms with E-state index in [2.05, 4.69) is 5.32 Å². The lowest BCUT2D eigenvalue weighted by Crippen LogP contribution is -2.49. The minimum Gasteiger partial charge on any atom is -0.496 e. The number of carbonyl (C=O) groups excluding carboxylic acids is 1. The number of rotatable bonds is 9. The van der Waals surface area contributed by atoms with Crippen LogP contribution in [0.3, 0.4) is 0 Å². The van der Waals surface area contributed by atoms with Crippen molar-refractivity contribution in [1.82, 2.24) is 10.2 Å². The summed E-state index contributed by atoms with van der Waals surface area (Å²) in [6, 6.07) is 18.4. The highest BCUT2D eigenvalue weighted by Gasteiger charge is 2.58. The summed E-state index contributed by atoms with van der Waals surface area (Å²) in [5.41, 5.74) is 0.0476. The molecule has 0 bridgehead atoms. The van der Waals surface area contributed by atoms with E-state index < -0.39 is 59.2 Å². The van der Waals surface area contributed by atoms with Gasteiger partial charge in [0.2, 0.25) is 0 Å². The summed E-state index contributed by atoms with van der Waals surface area (Å²) < 4.78 is 51.8. The van der Waals surface area contributed by atoms with Gasteiger partial charge in [0.15, 0.2) is 6.10 Å². The Morgan fingerprint density at radius 3 is 2.07 bits per heavy atom. The van der Waals surface area contributed by atoms with E-state index in [-0.39, 0.29) is 17.9 Å². The Labute approximate surface area is 249 Å². The average molecular weight is 599 g/mol. The number of carbonyl (C=O) groups is 2. The molecule has 1 saturated heterocycles. The third-order valence-electron chi connectivity index (χ3n) is 8.01. The zero-order valence-corrected chi connectivity index (χ0v) is 24.8. The molecule has 43 heavy (non-hydrogen) atoms. The normalized spacial score (nSPS) is 21.4. The molecule has 10 heteroatoms. The van der Waals surface area contributed by atoms with Gasteiger partial charge in [-0.15, -0.1) is 0 Å². The van der Waals surface area contributed by atoms with Crippen molar-refractivity contribution in [2.75, 3.05) is 14.2 Å². The van der Waals surface area contributed by atoms with Crippen molar-refractivity contribution in [3.05, 3.63) is 101 Å². The highest BCUT2D eigenvalue weighted by Crippen LogP contribution is 2.49. The van der Waals surface area contributed by atoms with E-state index >= 15 is 0 Å². The van der Waals surface area contributed by atoms with E-state index in [1.165, 1.54) is 25.2 Å². The standard InChI is InChI=1S/C33H37F3N2O5/c1-32(2,3)25-26(37-19-22-18-23(33(34,35)36)16-17-24(22)42-4)27(20-12-8-6-9-13-20)38(28(25)31(40)41)30(39)29(43-5)21-14-10-7-11-15-21/h6-18,25-29,37H,19H2,1-5H3,(H,40,41)/t25-,26-,27-,28-,29-/m0/s1. The summed E-state index contributed by atoms with van der Waals surface area (Å²) in [6.07, 6.45) is -5.63. The molecule has 0 unspecified atom stereocenters. The van der Waals surface area contributed by atoms with E-state index in [0.29, 0.717) is 11.1 Å². The van der Waals surface area contributed by atoms with Gasteiger partial charge in [0.1, 0.15) is 11.8 Å². The molecule has 0 saturated carbocycles. The van der Waals surface area contributed by atoms with Gasteiger partial charge in [0.25, 0.3) is 5.91 Å². The number of methoxy groups -OCH3 is 2. The van der Waals surface area contributed by atoms with E-state index in [1.54, 1.807) is 42.5 Å². The lowest BCUT2D eigenvalue weighted by molar-refractivity contribution is -0.157. The highest BCUT2D eigenvalue weighted by atomic mass is 19.4. The Bertz CT molecular complexity index is 1410. The number of hydrogen-bond donors (Lipinski definition) is 2. The molecule has 1 heterocycles. The number of hydrogen-bond acceptors (Lipinski definition) is 5. The van der Waals surface area contributed by atoms with Crippen LogP contribution < -0.4 is 10.1 Å². The number of benzene rings is 3. The summed E-state index contributed by atoms with van der Waals surface area (Å²) in [5, 5.41) is 14.0. The molecule has 1 aliphatic rings. The fraction of sp³-hybridized carbons (Fsp3) is 0.394. The molecule has 7 nitrogen and oxygen atoms in total. The monoisotopic (exact) mass is 598 g/mol. The van der Waals surface area contributed by atoms with Crippen molar-refractivity contribution in [2.45, 2.75) is 57.7 Å². The highest BCUT2D eigenvalue weighted by molar-refractivity contribution is 5.89. The first-order valence-corrected chi connectivity index (χ1v) is 13.9. The van der Waals surface area contributed by atoms with Crippen molar-refractivity contribution in [3.8, 4) is 5.75 Å². The van der Waals surface area contributed by atoms with Crippen molar-refractivity contribution in [3.63, 3.8) is 0 Å². The number of nitrogens with one attached hydrogen (secondary N) is 1. The maximum atomic E-state index is 14.4. The minimum atomic E-state index is -4.56. The molecule has 2 N–H and O–H groups in total. The first-order valence-electron chi connectivity index (χ1n) is 13.9. The van der Waals surface area contributed by atoms with Crippen LogP contribution in [-0.4, -0.2) is 48.2 Å². The number of halogens is 3. The van der Waals surface area contributed by atoms with Crippen LogP contribution in [0.2, 0.25) is 0 Å². The molecule has 5 atom stereocenters. The van der Waals surface area contributed by atoms with Gasteiger partial charge in [-0.1, -0.05) is 81.4 Å². The number of carboxylic acids is 1. The van der Waals surface area contributed by atoms with Crippen LogP contribution >= 0.6 is 0 Å². The third kappa shape index (κ3) is 6.70. The molecule has 3 aromatic rings. The second-order valence-corrected chi connectivity index (χ2v) is 11.7. The third-order valence-corrected chi connectivity index (χ3v) is 8.01. The summed E-state index contributed by atoms with van der Waals surface area (Å²) >= 11 is 0. The van der Waals surface area contributed by atoms with Crippen LogP contribution in [0.5, 0.6) is 5.75 Å². The predicted octanol–water partition coefficient (Wildman–Crippen LogP) is 6.26. The molecule has 230 valence electrons. The molecule has 0 aliphatic carbocycles. The summed E-state index contributed by atoms with van der Waals surface area (Å²) in [5.74, 6) is -2.10. The Balaban J connectivity index is 1.86. The zero-order chi connectivity index (χ0) is 31.5. The van der Waals surface area contributed by atoms with Crippen molar-refractivity contribution >= 4 is 11.9 Å². The van der Waals surface area contributed by atoms with Gasteiger partial charge in [-0.05, 0) is 34.7 Å². The molecule has 3 aromatic carbocycles. The van der Waals surface area contributed by atoms with Gasteiger partial charge in [-0.25, -0.2) is 4.79 Å². The number of aliphatic carboxylic acids is 1. The second-order valence-electron chi connectivity index (χ2n) is 11.7. The van der Waals surface area contributed by atoms with E-state index in [0.717, 1.165) is 12.1 Å². The Morgan fingerprint density at radius 2 is 1.56 bits per heavy atom. The van der Waals surface area contributed by atoms with Crippen molar-refractivity contribution < 1.29 is 37.3 Å². The lowest BCUT2D eigenvalue weighted by Gasteiger charge is -2.35. The topological polar surface area (TPSA) is 88.1 Å². The van der Waals surface area contributed by atoms with Crippen LogP contribution in [0.15, 0.2) is 78.9 Å². The molecule has 1 amide bonds. The van der Waals surface area contributed by atoms with Gasteiger partial charge in [0.05, 0.1) is 18.7 Å². The van der Waals surface area contributed by atoms with Crippen LogP contribution in [0, 0.1) is 11.3 Å². The first kappa shape index (κ1) is 32.0. The summed E-state index contributed by atoms with van der Waals surface area (Å²) in [7, 11) is 2.78. The van der Waals surface area contributed by atoms with Gasteiger partial charge in [0, 0.05) is 31.2 Å². The molecule has 0 spiro atoms. The van der Waals surface area contributed by atoms with Crippen LogP contribution in [0.25, 0.3) is 0 Å². The molecular weight excluding hydrogens is 561 g/mol. The van der Waals surface area contributed by atoms with Crippen molar-refractivity contribution in [2.24, 2.45) is 11.3 Å². The van der Waals surface area contributed by atoms with Gasteiger partial charge < -0.3 is 24.8 Å². The van der Waals surface area contributed by atoms with E-state index in [1.807, 2.05) is 39.0 Å². The molecule has 1 fully saturated rings. The van der Waals surface area contributed by atoms with Crippen LogP contribution in [-0.2, 0) is 27.0 Å². The number of alkyl halides is 3. The van der Waals surface area contributed by atoms with Gasteiger partial charge >= 0.3 is 12.1 Å². The molecule has 0 aromatic heterocycles. The van der Waals surface area contributed by atoms with Crippen molar-refractivity contribution in [1.29, 1.82) is 0 Å². The summed E-state index contributed by atoms with van der Waals surface area (Å²) in [4.78, 5) is 28.8. The molecular formula is C33H37F3N2O5. The lowest BCUT2D eigenvalue weighted by atomic mass is 9.72. The average Bonchev–Trinajstić information content (AvgIpc) is 3.33. The molecule has 1 aliphatic heterocycles. The largest absolute Gasteiger partial charge is 0.496 e. The maximum Gasteiger partial charge on any atom is 0.416 e. The Hall–Kier alpha value is -3.89. The SMILES string of the molecule is COc1ccc(C(F)(F)F)cc1CN[C@H]1[C@H](C(C)(C)C)[C@@H](C(=O)O)N(C(=O)[C@@H](OC)c2ccccc2)[C@H]1c1ccccc1.